The lowest BCUT2D eigenvalue weighted by Gasteiger charge is -2.22. The summed E-state index contributed by atoms with van der Waals surface area (Å²) in [5.74, 6) is -0.0668. The summed E-state index contributed by atoms with van der Waals surface area (Å²) in [6.45, 7) is 0.0379. The van der Waals surface area contributed by atoms with Crippen LogP contribution in [0, 0.1) is 0 Å². The normalized spacial score (nSPS) is 21.6. The standard InChI is InChI=1S/C26H27N5O5/c32-14-19-21(33)22(35-13-7-10-17-8-3-1-4-9-17)26(36-19)31-16-29-20-23(27-15-28-24(20)31)30-25(34)18-11-5-2-6-12-18/h1-6,8-9,11-12,15-16,19,21-22,26,32-33H,7,10,13-14H2,(H,27,28,30,34)/t19-,21-,22-,26-/m1/s1. The van der Waals surface area contributed by atoms with E-state index in [0.29, 0.717) is 23.3 Å². The van der Waals surface area contributed by atoms with Gasteiger partial charge in [0.2, 0.25) is 0 Å². The van der Waals surface area contributed by atoms with Gasteiger partial charge in [-0.1, -0.05) is 48.5 Å². The number of imidazole rings is 1. The number of aryl methyl sites for hydroxylation is 1. The fraction of sp³-hybridized carbons (Fsp3) is 0.308. The second-order valence-electron chi connectivity index (χ2n) is 8.53. The first-order chi connectivity index (χ1) is 17.7. The van der Waals surface area contributed by atoms with Gasteiger partial charge in [-0.3, -0.25) is 9.36 Å². The van der Waals surface area contributed by atoms with Crippen LogP contribution in [0.15, 0.2) is 73.3 Å². The Hall–Kier alpha value is -3.70. The number of aromatic nitrogens is 4. The second-order valence-corrected chi connectivity index (χ2v) is 8.53. The summed E-state index contributed by atoms with van der Waals surface area (Å²) >= 11 is 0. The Morgan fingerprint density at radius 2 is 1.81 bits per heavy atom. The summed E-state index contributed by atoms with van der Waals surface area (Å²) in [5.41, 5.74) is 2.47. The number of hydrogen-bond acceptors (Lipinski definition) is 8. The van der Waals surface area contributed by atoms with E-state index in [0.717, 1.165) is 12.8 Å². The SMILES string of the molecule is O=C(Nc1ncnc2c1ncn2[C@@H]1O[C@H](CO)[C@@H](O)[C@H]1OCCCc1ccccc1)c1ccccc1. The summed E-state index contributed by atoms with van der Waals surface area (Å²) in [5, 5.41) is 23.3. The minimum absolute atomic E-state index is 0.255. The van der Waals surface area contributed by atoms with E-state index in [4.69, 9.17) is 9.47 Å². The van der Waals surface area contributed by atoms with Crippen LogP contribution >= 0.6 is 0 Å². The lowest BCUT2D eigenvalue weighted by Crippen LogP contribution is -2.35. The fourth-order valence-electron chi connectivity index (χ4n) is 4.31. The number of amides is 1. The van der Waals surface area contributed by atoms with Gasteiger partial charge < -0.3 is 25.0 Å². The Morgan fingerprint density at radius 1 is 1.06 bits per heavy atom. The smallest absolute Gasteiger partial charge is 0.256 e. The highest BCUT2D eigenvalue weighted by Crippen LogP contribution is 2.34. The molecule has 0 saturated carbocycles. The maximum atomic E-state index is 12.6. The number of hydrogen-bond donors (Lipinski definition) is 3. The average molecular weight is 490 g/mol. The number of benzene rings is 2. The molecule has 36 heavy (non-hydrogen) atoms. The zero-order valence-corrected chi connectivity index (χ0v) is 19.5. The molecule has 0 spiro atoms. The van der Waals surface area contributed by atoms with Gasteiger partial charge in [0.25, 0.3) is 5.91 Å². The molecule has 10 heteroatoms. The predicted molar refractivity (Wildman–Crippen MR) is 131 cm³/mol. The van der Waals surface area contributed by atoms with Crippen molar-refractivity contribution >= 4 is 22.9 Å². The monoisotopic (exact) mass is 489 g/mol. The molecule has 2 aromatic heterocycles. The second kappa shape index (κ2) is 10.9. The molecule has 3 heterocycles. The van der Waals surface area contributed by atoms with Gasteiger partial charge in [-0.05, 0) is 30.5 Å². The van der Waals surface area contributed by atoms with E-state index in [2.05, 4.69) is 32.4 Å². The first kappa shape index (κ1) is 24.0. The number of carbonyl (C=O) groups is 1. The van der Waals surface area contributed by atoms with Crippen molar-refractivity contribution in [2.24, 2.45) is 0 Å². The van der Waals surface area contributed by atoms with Crippen LogP contribution in [-0.4, -0.2) is 67.2 Å². The Balaban J connectivity index is 1.34. The molecule has 10 nitrogen and oxygen atoms in total. The van der Waals surface area contributed by atoms with Crippen LogP contribution < -0.4 is 5.32 Å². The van der Waals surface area contributed by atoms with Gasteiger partial charge in [0.1, 0.15) is 24.6 Å². The summed E-state index contributed by atoms with van der Waals surface area (Å²) in [6.07, 6.45) is 1.06. The summed E-state index contributed by atoms with van der Waals surface area (Å²) < 4.78 is 13.6. The highest BCUT2D eigenvalue weighted by molar-refractivity contribution is 6.06. The van der Waals surface area contributed by atoms with Gasteiger partial charge in [-0.2, -0.15) is 0 Å². The third-order valence-electron chi connectivity index (χ3n) is 6.16. The maximum Gasteiger partial charge on any atom is 0.256 e. The van der Waals surface area contributed by atoms with Crippen LogP contribution in [0.5, 0.6) is 0 Å². The molecule has 3 N–H and O–H groups in total. The van der Waals surface area contributed by atoms with Crippen molar-refractivity contribution in [3.8, 4) is 0 Å². The van der Waals surface area contributed by atoms with Crippen molar-refractivity contribution in [2.75, 3.05) is 18.5 Å². The first-order valence-corrected chi connectivity index (χ1v) is 11.8. The predicted octanol–water partition coefficient (Wildman–Crippen LogP) is 2.35. The summed E-state index contributed by atoms with van der Waals surface area (Å²) in [6, 6.07) is 18.9. The molecular formula is C26H27N5O5. The summed E-state index contributed by atoms with van der Waals surface area (Å²) in [7, 11) is 0. The van der Waals surface area contributed by atoms with E-state index in [9.17, 15) is 15.0 Å². The molecule has 2 aromatic carbocycles. The lowest BCUT2D eigenvalue weighted by molar-refractivity contribution is -0.0708. The van der Waals surface area contributed by atoms with Crippen LogP contribution in [0.2, 0.25) is 0 Å². The van der Waals surface area contributed by atoms with Gasteiger partial charge in [0, 0.05) is 12.2 Å². The van der Waals surface area contributed by atoms with Gasteiger partial charge in [0.05, 0.1) is 12.9 Å². The average Bonchev–Trinajstić information content (AvgIpc) is 3.49. The quantitative estimate of drug-likeness (QED) is 0.305. The number of nitrogens with one attached hydrogen (secondary N) is 1. The molecule has 1 amide bonds. The van der Waals surface area contributed by atoms with E-state index in [1.165, 1.54) is 18.2 Å². The van der Waals surface area contributed by atoms with Crippen LogP contribution in [-0.2, 0) is 15.9 Å². The minimum atomic E-state index is -1.03. The van der Waals surface area contributed by atoms with Crippen molar-refractivity contribution in [3.63, 3.8) is 0 Å². The van der Waals surface area contributed by atoms with E-state index < -0.39 is 24.5 Å². The third kappa shape index (κ3) is 4.98. The molecule has 0 aliphatic carbocycles. The molecule has 186 valence electrons. The number of aliphatic hydroxyl groups excluding tert-OH is 2. The van der Waals surface area contributed by atoms with Crippen molar-refractivity contribution in [3.05, 3.63) is 84.4 Å². The highest BCUT2D eigenvalue weighted by atomic mass is 16.6. The van der Waals surface area contributed by atoms with E-state index in [-0.39, 0.29) is 18.3 Å². The molecule has 4 atom stereocenters. The van der Waals surface area contributed by atoms with Crippen molar-refractivity contribution in [2.45, 2.75) is 37.4 Å². The molecule has 0 unspecified atom stereocenters. The number of carbonyl (C=O) groups excluding carboxylic acids is 1. The molecule has 5 rings (SSSR count). The number of ether oxygens (including phenoxy) is 2. The van der Waals surface area contributed by atoms with Gasteiger partial charge in [-0.25, -0.2) is 15.0 Å². The van der Waals surface area contributed by atoms with Crippen LogP contribution in [0.4, 0.5) is 5.82 Å². The van der Waals surface area contributed by atoms with Crippen LogP contribution in [0.1, 0.15) is 28.6 Å². The molecule has 1 aliphatic heterocycles. The minimum Gasteiger partial charge on any atom is -0.394 e. The summed E-state index contributed by atoms with van der Waals surface area (Å²) in [4.78, 5) is 25.6. The molecule has 1 saturated heterocycles. The number of rotatable bonds is 9. The topological polar surface area (TPSA) is 132 Å². The van der Waals surface area contributed by atoms with Gasteiger partial charge in [-0.15, -0.1) is 0 Å². The Morgan fingerprint density at radius 3 is 2.56 bits per heavy atom. The van der Waals surface area contributed by atoms with E-state index in [1.54, 1.807) is 28.8 Å². The number of aliphatic hydroxyl groups is 2. The maximum absolute atomic E-state index is 12.6. The third-order valence-corrected chi connectivity index (χ3v) is 6.16. The zero-order chi connectivity index (χ0) is 24.9. The molecule has 0 radical (unpaired) electrons. The van der Waals surface area contributed by atoms with E-state index in [1.807, 2.05) is 24.3 Å². The number of fused-ring (bicyclic) bond motifs is 1. The molecule has 0 bridgehead atoms. The van der Waals surface area contributed by atoms with Crippen LogP contribution in [0.25, 0.3) is 11.2 Å². The Bertz CT molecular complexity index is 1300. The molecule has 4 aromatic rings. The lowest BCUT2D eigenvalue weighted by atomic mass is 10.1. The van der Waals surface area contributed by atoms with Crippen LogP contribution in [0.3, 0.4) is 0 Å². The number of nitrogens with zero attached hydrogens (tertiary/aromatic N) is 4. The van der Waals surface area contributed by atoms with Gasteiger partial charge >= 0.3 is 0 Å². The molecule has 1 fully saturated rings. The Labute approximate surface area is 207 Å². The first-order valence-electron chi connectivity index (χ1n) is 11.8. The number of anilines is 1. The van der Waals surface area contributed by atoms with Crippen molar-refractivity contribution < 1.29 is 24.5 Å². The zero-order valence-electron chi connectivity index (χ0n) is 19.5. The highest BCUT2D eigenvalue weighted by Gasteiger charge is 2.45. The van der Waals surface area contributed by atoms with E-state index >= 15 is 0 Å². The Kier molecular flexibility index (Phi) is 7.28. The van der Waals surface area contributed by atoms with Crippen molar-refractivity contribution in [1.29, 1.82) is 0 Å². The van der Waals surface area contributed by atoms with Crippen molar-refractivity contribution in [1.82, 2.24) is 19.5 Å². The fourth-order valence-corrected chi connectivity index (χ4v) is 4.31. The van der Waals surface area contributed by atoms with Gasteiger partial charge in [0.15, 0.2) is 23.2 Å². The largest absolute Gasteiger partial charge is 0.394 e. The molecular weight excluding hydrogens is 462 g/mol. The molecule has 1 aliphatic rings.